The van der Waals surface area contributed by atoms with E-state index in [-0.39, 0.29) is 6.03 Å². The summed E-state index contributed by atoms with van der Waals surface area (Å²) in [4.78, 5) is 27.1. The Kier molecular flexibility index (Phi) is 4.53. The summed E-state index contributed by atoms with van der Waals surface area (Å²) in [6.45, 7) is 5.56. The molecule has 0 unspecified atom stereocenters. The SMILES string of the molecule is Cc1ccc(CNC(=O)N2CCN(c3ncccn3)CC2)s1. The summed E-state index contributed by atoms with van der Waals surface area (Å²) in [6, 6.07) is 5.94. The van der Waals surface area contributed by atoms with Crippen molar-refractivity contribution >= 4 is 23.3 Å². The Morgan fingerprint density at radius 3 is 2.59 bits per heavy atom. The van der Waals surface area contributed by atoms with Gasteiger partial charge in [-0.2, -0.15) is 0 Å². The van der Waals surface area contributed by atoms with E-state index in [0.29, 0.717) is 19.6 Å². The molecular weight excluding hydrogens is 298 g/mol. The maximum atomic E-state index is 12.2. The molecule has 7 heteroatoms. The van der Waals surface area contributed by atoms with Crippen LogP contribution < -0.4 is 10.2 Å². The molecule has 1 N–H and O–H groups in total. The third-order valence-corrected chi connectivity index (χ3v) is 4.61. The van der Waals surface area contributed by atoms with Crippen molar-refractivity contribution in [2.24, 2.45) is 0 Å². The number of anilines is 1. The third kappa shape index (κ3) is 3.54. The molecule has 1 aliphatic rings. The van der Waals surface area contributed by atoms with Crippen LogP contribution in [0.5, 0.6) is 0 Å². The summed E-state index contributed by atoms with van der Waals surface area (Å²) in [7, 11) is 0. The van der Waals surface area contributed by atoms with E-state index in [9.17, 15) is 4.79 Å². The number of carbonyl (C=O) groups is 1. The highest BCUT2D eigenvalue weighted by molar-refractivity contribution is 7.11. The summed E-state index contributed by atoms with van der Waals surface area (Å²) in [5.74, 6) is 0.733. The van der Waals surface area contributed by atoms with E-state index in [0.717, 1.165) is 19.0 Å². The second-order valence-electron chi connectivity index (χ2n) is 5.19. The first-order valence-electron chi connectivity index (χ1n) is 7.32. The van der Waals surface area contributed by atoms with Gasteiger partial charge in [-0.05, 0) is 25.1 Å². The standard InChI is InChI=1S/C15H19N5OS/c1-12-3-4-13(22-12)11-18-15(21)20-9-7-19(8-10-20)14-16-5-2-6-17-14/h2-6H,7-11H2,1H3,(H,18,21). The number of urea groups is 1. The van der Waals surface area contributed by atoms with E-state index >= 15 is 0 Å². The molecule has 0 saturated carbocycles. The van der Waals surface area contributed by atoms with Gasteiger partial charge in [0.1, 0.15) is 0 Å². The summed E-state index contributed by atoms with van der Waals surface area (Å²) >= 11 is 1.72. The number of nitrogens with one attached hydrogen (secondary N) is 1. The van der Waals surface area contributed by atoms with Crippen molar-refractivity contribution in [2.45, 2.75) is 13.5 Å². The molecule has 2 amide bonds. The van der Waals surface area contributed by atoms with Crippen molar-refractivity contribution in [1.82, 2.24) is 20.2 Å². The van der Waals surface area contributed by atoms with Crippen LogP contribution >= 0.6 is 11.3 Å². The maximum Gasteiger partial charge on any atom is 0.317 e. The van der Waals surface area contributed by atoms with Crippen LogP contribution in [0, 0.1) is 6.92 Å². The fraction of sp³-hybridized carbons (Fsp3) is 0.400. The molecule has 0 atom stereocenters. The number of aromatic nitrogens is 2. The molecule has 0 spiro atoms. The van der Waals surface area contributed by atoms with Crippen LogP contribution in [0.2, 0.25) is 0 Å². The van der Waals surface area contributed by atoms with Crippen LogP contribution in [0.3, 0.4) is 0 Å². The van der Waals surface area contributed by atoms with E-state index in [2.05, 4.69) is 39.2 Å². The van der Waals surface area contributed by atoms with Gasteiger partial charge in [0.05, 0.1) is 6.54 Å². The quantitative estimate of drug-likeness (QED) is 0.939. The van der Waals surface area contributed by atoms with Gasteiger partial charge in [-0.15, -0.1) is 11.3 Å². The molecule has 2 aromatic heterocycles. The first-order valence-corrected chi connectivity index (χ1v) is 8.14. The molecule has 3 heterocycles. The van der Waals surface area contributed by atoms with Gasteiger partial charge >= 0.3 is 6.03 Å². The Bertz CT molecular complexity index is 622. The lowest BCUT2D eigenvalue weighted by Gasteiger charge is -2.34. The number of amides is 2. The first-order chi connectivity index (χ1) is 10.7. The molecule has 3 rings (SSSR count). The van der Waals surface area contributed by atoms with Gasteiger partial charge in [-0.3, -0.25) is 0 Å². The average molecular weight is 317 g/mol. The zero-order valence-electron chi connectivity index (χ0n) is 12.5. The molecule has 22 heavy (non-hydrogen) atoms. The maximum absolute atomic E-state index is 12.2. The van der Waals surface area contributed by atoms with Crippen molar-refractivity contribution < 1.29 is 4.79 Å². The van der Waals surface area contributed by atoms with E-state index < -0.39 is 0 Å². The lowest BCUT2D eigenvalue weighted by atomic mass is 10.3. The number of rotatable bonds is 3. The molecule has 2 aromatic rings. The van der Waals surface area contributed by atoms with Crippen LogP contribution in [0.15, 0.2) is 30.6 Å². The molecule has 0 aliphatic carbocycles. The fourth-order valence-corrected chi connectivity index (χ4v) is 3.25. The van der Waals surface area contributed by atoms with Crippen molar-refractivity contribution in [1.29, 1.82) is 0 Å². The van der Waals surface area contributed by atoms with E-state index in [1.165, 1.54) is 9.75 Å². The molecule has 1 fully saturated rings. The summed E-state index contributed by atoms with van der Waals surface area (Å²) in [5.41, 5.74) is 0. The topological polar surface area (TPSA) is 61.4 Å². The lowest BCUT2D eigenvalue weighted by molar-refractivity contribution is 0.194. The summed E-state index contributed by atoms with van der Waals surface area (Å²) in [6.07, 6.45) is 3.48. The van der Waals surface area contributed by atoms with Gasteiger partial charge < -0.3 is 15.1 Å². The molecular formula is C15H19N5OS. The van der Waals surface area contributed by atoms with Gasteiger partial charge in [0.25, 0.3) is 0 Å². The second-order valence-corrected chi connectivity index (χ2v) is 6.57. The summed E-state index contributed by atoms with van der Waals surface area (Å²) in [5, 5.41) is 2.98. The van der Waals surface area contributed by atoms with Gasteiger partial charge in [0, 0.05) is 48.3 Å². The molecule has 1 saturated heterocycles. The van der Waals surface area contributed by atoms with E-state index in [1.54, 1.807) is 29.8 Å². The molecule has 1 aliphatic heterocycles. The van der Waals surface area contributed by atoms with Crippen molar-refractivity contribution in [3.05, 3.63) is 40.3 Å². The number of aryl methyl sites for hydroxylation is 1. The Labute approximate surface area is 133 Å². The minimum atomic E-state index is -0.000293. The lowest BCUT2D eigenvalue weighted by Crippen LogP contribution is -2.52. The number of thiophene rings is 1. The molecule has 116 valence electrons. The van der Waals surface area contributed by atoms with Gasteiger partial charge in [0.2, 0.25) is 5.95 Å². The first kappa shape index (κ1) is 14.8. The molecule has 6 nitrogen and oxygen atoms in total. The van der Waals surface area contributed by atoms with Crippen LogP contribution in [0.25, 0.3) is 0 Å². The monoisotopic (exact) mass is 317 g/mol. The smallest absolute Gasteiger partial charge is 0.317 e. The highest BCUT2D eigenvalue weighted by Crippen LogP contribution is 2.15. The number of nitrogens with zero attached hydrogens (tertiary/aromatic N) is 4. The number of hydrogen-bond acceptors (Lipinski definition) is 5. The number of piperazine rings is 1. The van der Waals surface area contributed by atoms with Crippen molar-refractivity contribution in [2.75, 3.05) is 31.1 Å². The van der Waals surface area contributed by atoms with Crippen LogP contribution in [-0.2, 0) is 6.54 Å². The van der Waals surface area contributed by atoms with Crippen LogP contribution in [0.4, 0.5) is 10.7 Å². The van der Waals surface area contributed by atoms with Crippen LogP contribution in [0.1, 0.15) is 9.75 Å². The highest BCUT2D eigenvalue weighted by atomic mass is 32.1. The molecule has 0 radical (unpaired) electrons. The van der Waals surface area contributed by atoms with Gasteiger partial charge in [-0.1, -0.05) is 0 Å². The second kappa shape index (κ2) is 6.74. The zero-order valence-corrected chi connectivity index (χ0v) is 13.3. The van der Waals surface area contributed by atoms with Crippen molar-refractivity contribution in [3.8, 4) is 0 Å². The Hall–Kier alpha value is -2.15. The predicted octanol–water partition coefficient (Wildman–Crippen LogP) is 1.88. The van der Waals surface area contributed by atoms with Gasteiger partial charge in [0.15, 0.2) is 0 Å². The minimum Gasteiger partial charge on any atom is -0.337 e. The van der Waals surface area contributed by atoms with Gasteiger partial charge in [-0.25, -0.2) is 14.8 Å². The number of carbonyl (C=O) groups excluding carboxylic acids is 1. The molecule has 0 aromatic carbocycles. The Morgan fingerprint density at radius 1 is 1.23 bits per heavy atom. The average Bonchev–Trinajstić information content (AvgIpc) is 2.99. The Morgan fingerprint density at radius 2 is 1.95 bits per heavy atom. The van der Waals surface area contributed by atoms with E-state index in [1.807, 2.05) is 4.90 Å². The zero-order chi connectivity index (χ0) is 15.4. The summed E-state index contributed by atoms with van der Waals surface area (Å²) < 4.78 is 0. The predicted molar refractivity (Wildman–Crippen MR) is 87.1 cm³/mol. The normalized spacial score (nSPS) is 15.0. The van der Waals surface area contributed by atoms with Crippen molar-refractivity contribution in [3.63, 3.8) is 0 Å². The highest BCUT2D eigenvalue weighted by Gasteiger charge is 2.22. The number of hydrogen-bond donors (Lipinski definition) is 1. The third-order valence-electron chi connectivity index (χ3n) is 3.61. The van der Waals surface area contributed by atoms with E-state index in [4.69, 9.17) is 0 Å². The minimum absolute atomic E-state index is 0.000293. The Balaban J connectivity index is 1.47. The van der Waals surface area contributed by atoms with Crippen LogP contribution in [-0.4, -0.2) is 47.1 Å². The largest absolute Gasteiger partial charge is 0.337 e. The molecule has 0 bridgehead atoms. The fourth-order valence-electron chi connectivity index (χ4n) is 2.42.